The van der Waals surface area contributed by atoms with Gasteiger partial charge in [0.05, 0.1) is 18.8 Å². The van der Waals surface area contributed by atoms with Crippen LogP contribution < -0.4 is 0 Å². The summed E-state index contributed by atoms with van der Waals surface area (Å²) in [6.07, 6.45) is 2.83. The molecule has 1 saturated carbocycles. The predicted molar refractivity (Wildman–Crippen MR) is 53.7 cm³/mol. The van der Waals surface area contributed by atoms with Crippen LogP contribution in [0, 0.1) is 23.2 Å². The third-order valence-corrected chi connectivity index (χ3v) is 2.89. The van der Waals surface area contributed by atoms with Crippen LogP contribution in [0.5, 0.6) is 0 Å². The summed E-state index contributed by atoms with van der Waals surface area (Å²) in [7, 11) is 0. The topological polar surface area (TPSA) is 70.3 Å². The van der Waals surface area contributed by atoms with Crippen molar-refractivity contribution in [3.63, 3.8) is 0 Å². The zero-order valence-electron chi connectivity index (χ0n) is 8.98. The van der Waals surface area contributed by atoms with Crippen LogP contribution in [-0.4, -0.2) is 23.8 Å². The number of esters is 1. The van der Waals surface area contributed by atoms with E-state index in [0.29, 0.717) is 6.42 Å². The Balaban J connectivity index is 2.64. The summed E-state index contributed by atoms with van der Waals surface area (Å²) in [5.41, 5.74) is 0. The number of nitriles is 1. The number of aliphatic hydroxyl groups excluding tert-OH is 1. The minimum atomic E-state index is -0.805. The monoisotopic (exact) mass is 211 g/mol. The van der Waals surface area contributed by atoms with Crippen LogP contribution in [0.25, 0.3) is 0 Å². The summed E-state index contributed by atoms with van der Waals surface area (Å²) in [4.78, 5) is 11.5. The SMILES string of the molecule is CCOC(=O)C(C#N)C1CCCCC1O. The molecular weight excluding hydrogens is 194 g/mol. The molecule has 1 aliphatic rings. The second-order valence-electron chi connectivity index (χ2n) is 3.87. The molecule has 3 atom stereocenters. The molecule has 0 aromatic carbocycles. The van der Waals surface area contributed by atoms with Crippen LogP contribution >= 0.6 is 0 Å². The lowest BCUT2D eigenvalue weighted by Crippen LogP contribution is -2.35. The minimum Gasteiger partial charge on any atom is -0.465 e. The number of carbonyl (C=O) groups is 1. The summed E-state index contributed by atoms with van der Waals surface area (Å²) in [5.74, 6) is -1.55. The van der Waals surface area contributed by atoms with E-state index in [-0.39, 0.29) is 12.5 Å². The molecule has 0 heterocycles. The molecule has 3 unspecified atom stereocenters. The number of aliphatic hydroxyl groups is 1. The first-order valence-electron chi connectivity index (χ1n) is 5.45. The largest absolute Gasteiger partial charge is 0.465 e. The molecule has 0 spiro atoms. The van der Waals surface area contributed by atoms with E-state index in [9.17, 15) is 9.90 Å². The average Bonchev–Trinajstić information content (AvgIpc) is 2.22. The first-order valence-corrected chi connectivity index (χ1v) is 5.45. The number of carbonyl (C=O) groups excluding carboxylic acids is 1. The Kier molecular flexibility index (Phi) is 4.57. The summed E-state index contributed by atoms with van der Waals surface area (Å²) in [6.45, 7) is 1.99. The highest BCUT2D eigenvalue weighted by Gasteiger charge is 2.36. The molecule has 15 heavy (non-hydrogen) atoms. The Morgan fingerprint density at radius 2 is 2.27 bits per heavy atom. The number of rotatable bonds is 3. The normalized spacial score (nSPS) is 27.8. The van der Waals surface area contributed by atoms with Gasteiger partial charge in [-0.1, -0.05) is 12.8 Å². The van der Waals surface area contributed by atoms with Crippen molar-refractivity contribution < 1.29 is 14.6 Å². The van der Waals surface area contributed by atoms with Crippen molar-refractivity contribution >= 4 is 5.97 Å². The van der Waals surface area contributed by atoms with Gasteiger partial charge in [-0.15, -0.1) is 0 Å². The number of hydrogen-bond acceptors (Lipinski definition) is 4. The van der Waals surface area contributed by atoms with Crippen LogP contribution in [0.3, 0.4) is 0 Å². The third-order valence-electron chi connectivity index (χ3n) is 2.89. The first-order chi connectivity index (χ1) is 7.20. The summed E-state index contributed by atoms with van der Waals surface area (Å²) in [6, 6.07) is 1.95. The van der Waals surface area contributed by atoms with Crippen molar-refractivity contribution in [1.82, 2.24) is 0 Å². The molecule has 4 nitrogen and oxygen atoms in total. The van der Waals surface area contributed by atoms with Crippen molar-refractivity contribution in [2.24, 2.45) is 11.8 Å². The van der Waals surface area contributed by atoms with Gasteiger partial charge < -0.3 is 9.84 Å². The molecule has 0 amide bonds. The average molecular weight is 211 g/mol. The van der Waals surface area contributed by atoms with E-state index < -0.39 is 18.0 Å². The van der Waals surface area contributed by atoms with Crippen LogP contribution in [0.4, 0.5) is 0 Å². The smallest absolute Gasteiger partial charge is 0.323 e. The lowest BCUT2D eigenvalue weighted by atomic mass is 9.78. The lowest BCUT2D eigenvalue weighted by molar-refractivity contribution is -0.149. The fourth-order valence-corrected chi connectivity index (χ4v) is 2.08. The predicted octanol–water partition coefficient (Wildman–Crippen LogP) is 1.24. The van der Waals surface area contributed by atoms with Crippen molar-refractivity contribution in [2.75, 3.05) is 6.61 Å². The van der Waals surface area contributed by atoms with Crippen LogP contribution in [0.1, 0.15) is 32.6 Å². The minimum absolute atomic E-state index is 0.247. The standard InChI is InChI=1S/C11H17NO3/c1-2-15-11(14)9(7-12)8-5-3-4-6-10(8)13/h8-10,13H,2-6H2,1H3. The van der Waals surface area contributed by atoms with E-state index in [1.807, 2.05) is 6.07 Å². The van der Waals surface area contributed by atoms with Gasteiger partial charge in [-0.3, -0.25) is 4.79 Å². The second kappa shape index (κ2) is 5.72. The van der Waals surface area contributed by atoms with E-state index in [0.717, 1.165) is 19.3 Å². The van der Waals surface area contributed by atoms with Gasteiger partial charge in [-0.05, 0) is 19.8 Å². The van der Waals surface area contributed by atoms with E-state index in [2.05, 4.69) is 0 Å². The number of hydrogen-bond donors (Lipinski definition) is 1. The van der Waals surface area contributed by atoms with Gasteiger partial charge in [-0.25, -0.2) is 0 Å². The van der Waals surface area contributed by atoms with E-state index in [4.69, 9.17) is 10.00 Å². The second-order valence-corrected chi connectivity index (χ2v) is 3.87. The first kappa shape index (κ1) is 12.0. The van der Waals surface area contributed by atoms with Gasteiger partial charge in [0, 0.05) is 5.92 Å². The molecule has 0 saturated heterocycles. The summed E-state index contributed by atoms with van der Waals surface area (Å²) < 4.78 is 4.82. The van der Waals surface area contributed by atoms with Gasteiger partial charge in [0.2, 0.25) is 0 Å². The van der Waals surface area contributed by atoms with E-state index >= 15 is 0 Å². The van der Waals surface area contributed by atoms with E-state index in [1.165, 1.54) is 0 Å². The molecule has 84 valence electrons. The molecular formula is C11H17NO3. The third kappa shape index (κ3) is 2.93. The number of ether oxygens (including phenoxy) is 1. The molecule has 0 aliphatic heterocycles. The zero-order valence-corrected chi connectivity index (χ0v) is 8.98. The van der Waals surface area contributed by atoms with Gasteiger partial charge in [-0.2, -0.15) is 5.26 Å². The fourth-order valence-electron chi connectivity index (χ4n) is 2.08. The molecule has 1 N–H and O–H groups in total. The Hall–Kier alpha value is -1.08. The molecule has 0 radical (unpaired) electrons. The van der Waals surface area contributed by atoms with Crippen molar-refractivity contribution in [3.05, 3.63) is 0 Å². The quantitative estimate of drug-likeness (QED) is 0.713. The van der Waals surface area contributed by atoms with Gasteiger partial charge >= 0.3 is 5.97 Å². The Morgan fingerprint density at radius 1 is 1.60 bits per heavy atom. The van der Waals surface area contributed by atoms with Crippen molar-refractivity contribution in [1.29, 1.82) is 5.26 Å². The molecule has 4 heteroatoms. The van der Waals surface area contributed by atoms with E-state index in [1.54, 1.807) is 6.92 Å². The zero-order chi connectivity index (χ0) is 11.3. The summed E-state index contributed by atoms with van der Waals surface area (Å²) in [5, 5.41) is 18.7. The van der Waals surface area contributed by atoms with Crippen LogP contribution in [-0.2, 0) is 9.53 Å². The maximum absolute atomic E-state index is 11.5. The fraction of sp³-hybridized carbons (Fsp3) is 0.818. The van der Waals surface area contributed by atoms with Crippen molar-refractivity contribution in [3.8, 4) is 6.07 Å². The van der Waals surface area contributed by atoms with Gasteiger partial charge in [0.15, 0.2) is 0 Å². The van der Waals surface area contributed by atoms with Crippen LogP contribution in [0.15, 0.2) is 0 Å². The maximum Gasteiger partial charge on any atom is 0.323 e. The Labute approximate surface area is 89.8 Å². The highest BCUT2D eigenvalue weighted by Crippen LogP contribution is 2.30. The molecule has 1 aliphatic carbocycles. The molecule has 1 fully saturated rings. The number of nitrogens with zero attached hydrogens (tertiary/aromatic N) is 1. The van der Waals surface area contributed by atoms with Crippen molar-refractivity contribution in [2.45, 2.75) is 38.7 Å². The Morgan fingerprint density at radius 3 is 2.80 bits per heavy atom. The highest BCUT2D eigenvalue weighted by molar-refractivity contribution is 5.75. The Bertz CT molecular complexity index is 259. The summed E-state index contributed by atoms with van der Waals surface area (Å²) >= 11 is 0. The highest BCUT2D eigenvalue weighted by atomic mass is 16.5. The molecule has 0 bridgehead atoms. The van der Waals surface area contributed by atoms with Gasteiger partial charge in [0.1, 0.15) is 5.92 Å². The lowest BCUT2D eigenvalue weighted by Gasteiger charge is -2.29. The maximum atomic E-state index is 11.5. The molecule has 0 aromatic rings. The molecule has 1 rings (SSSR count). The van der Waals surface area contributed by atoms with Crippen LogP contribution in [0.2, 0.25) is 0 Å². The van der Waals surface area contributed by atoms with Gasteiger partial charge in [0.25, 0.3) is 0 Å². The molecule has 0 aromatic heterocycles.